The highest BCUT2D eigenvalue weighted by atomic mass is 19.4. The third-order valence-electron chi connectivity index (χ3n) is 5.08. The van der Waals surface area contributed by atoms with E-state index in [1.807, 2.05) is 19.9 Å². The molecule has 0 bridgehead atoms. The summed E-state index contributed by atoms with van der Waals surface area (Å²) in [7, 11) is 0. The van der Waals surface area contributed by atoms with Gasteiger partial charge in [0, 0.05) is 36.0 Å². The van der Waals surface area contributed by atoms with Crippen molar-refractivity contribution < 1.29 is 18.3 Å². The largest absolute Gasteiger partial charge is 0.416 e. The fraction of sp³-hybridized carbons (Fsp3) is 0.444. The molecule has 2 heterocycles. The zero-order chi connectivity index (χ0) is 20.5. The number of halogens is 3. The molecule has 0 aromatic carbocycles. The number of aliphatic hydroxyl groups is 1. The Kier molecular flexibility index (Phi) is 5.12. The Morgan fingerprint density at radius 3 is 2.71 bits per heavy atom. The van der Waals surface area contributed by atoms with Crippen molar-refractivity contribution in [3.8, 4) is 6.07 Å². The van der Waals surface area contributed by atoms with Crippen molar-refractivity contribution in [2.75, 3.05) is 10.6 Å². The number of nitriles is 1. The van der Waals surface area contributed by atoms with E-state index in [9.17, 15) is 23.5 Å². The first-order chi connectivity index (χ1) is 13.1. The summed E-state index contributed by atoms with van der Waals surface area (Å²) in [6.07, 6.45) is -0.919. The topological polar surface area (TPSA) is 107 Å². The molecule has 0 aliphatic heterocycles. The summed E-state index contributed by atoms with van der Waals surface area (Å²) >= 11 is 0. The van der Waals surface area contributed by atoms with Crippen LogP contribution in [0.15, 0.2) is 24.7 Å². The standard InChI is InChI=1S/C18H19F3N6O/c1-17(2)13(5-14(17)28)26-15-10(6-22)8-24-16(27-15)25-9-11-7-23-4-3-12(11)18(19,20)21/h3-4,7-8,13-14,28H,5,9H2,1-2H3,(H2,24,25,26,27)/t13-,14-/m0/s1. The number of hydrogen-bond acceptors (Lipinski definition) is 7. The van der Waals surface area contributed by atoms with E-state index in [2.05, 4.69) is 25.6 Å². The molecule has 7 nitrogen and oxygen atoms in total. The summed E-state index contributed by atoms with van der Waals surface area (Å²) in [6.45, 7) is 3.61. The summed E-state index contributed by atoms with van der Waals surface area (Å²) in [5, 5.41) is 25.0. The van der Waals surface area contributed by atoms with Gasteiger partial charge in [-0.1, -0.05) is 13.8 Å². The predicted molar refractivity (Wildman–Crippen MR) is 95.1 cm³/mol. The average molecular weight is 392 g/mol. The molecule has 0 amide bonds. The lowest BCUT2D eigenvalue weighted by atomic mass is 9.64. The van der Waals surface area contributed by atoms with E-state index in [1.165, 1.54) is 6.20 Å². The molecule has 0 unspecified atom stereocenters. The third-order valence-corrected chi connectivity index (χ3v) is 5.08. The highest BCUT2D eigenvalue weighted by Crippen LogP contribution is 2.42. The first-order valence-electron chi connectivity index (χ1n) is 8.58. The number of nitrogens with zero attached hydrogens (tertiary/aromatic N) is 4. The molecule has 2 atom stereocenters. The number of pyridine rings is 1. The minimum Gasteiger partial charge on any atom is -0.392 e. The average Bonchev–Trinajstić information content (AvgIpc) is 2.65. The van der Waals surface area contributed by atoms with Crippen LogP contribution < -0.4 is 10.6 Å². The van der Waals surface area contributed by atoms with E-state index in [1.54, 1.807) is 0 Å². The van der Waals surface area contributed by atoms with Crippen LogP contribution in [0.25, 0.3) is 0 Å². The van der Waals surface area contributed by atoms with Gasteiger partial charge in [0.25, 0.3) is 0 Å². The van der Waals surface area contributed by atoms with Gasteiger partial charge in [0.15, 0.2) is 0 Å². The number of nitrogens with one attached hydrogen (secondary N) is 2. The van der Waals surface area contributed by atoms with Crippen LogP contribution in [-0.2, 0) is 12.7 Å². The highest BCUT2D eigenvalue weighted by Gasteiger charge is 2.47. The Morgan fingerprint density at radius 1 is 1.36 bits per heavy atom. The highest BCUT2D eigenvalue weighted by molar-refractivity contribution is 5.54. The summed E-state index contributed by atoms with van der Waals surface area (Å²) in [4.78, 5) is 11.9. The van der Waals surface area contributed by atoms with Crippen LogP contribution in [-0.4, -0.2) is 32.2 Å². The van der Waals surface area contributed by atoms with Gasteiger partial charge in [-0.3, -0.25) is 4.98 Å². The van der Waals surface area contributed by atoms with Gasteiger partial charge in [-0.25, -0.2) is 4.98 Å². The van der Waals surface area contributed by atoms with Gasteiger partial charge >= 0.3 is 6.18 Å². The molecule has 2 aromatic rings. The van der Waals surface area contributed by atoms with Crippen molar-refractivity contribution in [3.05, 3.63) is 41.3 Å². The van der Waals surface area contributed by atoms with Crippen LogP contribution in [0, 0.1) is 16.7 Å². The summed E-state index contributed by atoms with van der Waals surface area (Å²) in [6, 6.07) is 2.80. The first-order valence-corrected chi connectivity index (χ1v) is 8.58. The molecule has 1 aliphatic rings. The van der Waals surface area contributed by atoms with Gasteiger partial charge in [0.1, 0.15) is 17.5 Å². The maximum Gasteiger partial charge on any atom is 0.416 e. The lowest BCUT2D eigenvalue weighted by Gasteiger charge is -2.49. The van der Waals surface area contributed by atoms with Crippen LogP contribution in [0.4, 0.5) is 24.9 Å². The van der Waals surface area contributed by atoms with Crippen LogP contribution in [0.2, 0.25) is 0 Å². The Bertz CT molecular complexity index is 909. The molecule has 1 saturated carbocycles. The minimum atomic E-state index is -4.49. The van der Waals surface area contributed by atoms with E-state index in [0.717, 1.165) is 18.5 Å². The quantitative estimate of drug-likeness (QED) is 0.718. The van der Waals surface area contributed by atoms with Gasteiger partial charge in [0.2, 0.25) is 5.95 Å². The lowest BCUT2D eigenvalue weighted by molar-refractivity contribution is -0.138. The van der Waals surface area contributed by atoms with Gasteiger partial charge in [-0.15, -0.1) is 0 Å². The van der Waals surface area contributed by atoms with Gasteiger partial charge in [0.05, 0.1) is 17.9 Å². The Hall–Kier alpha value is -2.93. The number of aliphatic hydroxyl groups excluding tert-OH is 1. The molecule has 2 aromatic heterocycles. The number of aromatic nitrogens is 3. The summed E-state index contributed by atoms with van der Waals surface area (Å²) in [5.41, 5.74) is -1.00. The lowest BCUT2D eigenvalue weighted by Crippen LogP contribution is -2.57. The second kappa shape index (κ2) is 7.24. The fourth-order valence-electron chi connectivity index (χ4n) is 2.99. The molecule has 3 rings (SSSR count). The van der Waals surface area contributed by atoms with Crippen molar-refractivity contribution in [1.82, 2.24) is 15.0 Å². The monoisotopic (exact) mass is 392 g/mol. The second-order valence-corrected chi connectivity index (χ2v) is 7.22. The van der Waals surface area contributed by atoms with E-state index < -0.39 is 17.8 Å². The molecule has 148 valence electrons. The van der Waals surface area contributed by atoms with Crippen molar-refractivity contribution >= 4 is 11.8 Å². The van der Waals surface area contributed by atoms with E-state index in [0.29, 0.717) is 6.42 Å². The van der Waals surface area contributed by atoms with Gasteiger partial charge < -0.3 is 15.7 Å². The van der Waals surface area contributed by atoms with Crippen LogP contribution in [0.5, 0.6) is 0 Å². The van der Waals surface area contributed by atoms with Crippen molar-refractivity contribution in [2.45, 2.75) is 45.1 Å². The second-order valence-electron chi connectivity index (χ2n) is 7.22. The molecule has 10 heteroatoms. The van der Waals surface area contributed by atoms with Crippen molar-refractivity contribution in [2.24, 2.45) is 5.41 Å². The molecule has 0 spiro atoms. The molecule has 0 saturated heterocycles. The molecule has 1 aliphatic carbocycles. The Morgan fingerprint density at radius 2 is 2.11 bits per heavy atom. The third kappa shape index (κ3) is 3.84. The first kappa shape index (κ1) is 19.8. The Balaban J connectivity index is 1.77. The number of anilines is 2. The van der Waals surface area contributed by atoms with E-state index >= 15 is 0 Å². The molecular formula is C18H19F3N6O. The number of hydrogen-bond donors (Lipinski definition) is 3. The SMILES string of the molecule is CC1(C)[C@@H](Nc2nc(NCc3cnccc3C(F)(F)F)ncc2C#N)C[C@@H]1O. The van der Waals surface area contributed by atoms with E-state index in [4.69, 9.17) is 0 Å². The zero-order valence-corrected chi connectivity index (χ0v) is 15.2. The summed E-state index contributed by atoms with van der Waals surface area (Å²) in [5.74, 6) is 0.350. The zero-order valence-electron chi connectivity index (χ0n) is 15.2. The Labute approximate surface area is 159 Å². The molecular weight excluding hydrogens is 373 g/mol. The number of alkyl halides is 3. The van der Waals surface area contributed by atoms with Crippen LogP contribution in [0.3, 0.4) is 0 Å². The smallest absolute Gasteiger partial charge is 0.392 e. The van der Waals surface area contributed by atoms with Crippen molar-refractivity contribution in [1.29, 1.82) is 5.26 Å². The maximum absolute atomic E-state index is 13.1. The van der Waals surface area contributed by atoms with Gasteiger partial charge in [-0.2, -0.15) is 23.4 Å². The number of rotatable bonds is 5. The predicted octanol–water partition coefficient (Wildman–Crippen LogP) is 2.95. The molecule has 0 radical (unpaired) electrons. The maximum atomic E-state index is 13.1. The van der Waals surface area contributed by atoms with Crippen LogP contribution in [0.1, 0.15) is 37.0 Å². The van der Waals surface area contributed by atoms with Crippen molar-refractivity contribution in [3.63, 3.8) is 0 Å². The van der Waals surface area contributed by atoms with Crippen LogP contribution >= 0.6 is 0 Å². The van der Waals surface area contributed by atoms with Gasteiger partial charge in [-0.05, 0) is 12.5 Å². The molecule has 3 N–H and O–H groups in total. The molecule has 1 fully saturated rings. The normalized spacial score (nSPS) is 20.8. The minimum absolute atomic E-state index is 0.0410. The fourth-order valence-corrected chi connectivity index (χ4v) is 2.99. The van der Waals surface area contributed by atoms with E-state index in [-0.39, 0.29) is 40.9 Å². The molecule has 28 heavy (non-hydrogen) atoms. The summed E-state index contributed by atoms with van der Waals surface area (Å²) < 4.78 is 39.2.